The van der Waals surface area contributed by atoms with Crippen molar-refractivity contribution in [2.45, 2.75) is 0 Å². The Morgan fingerprint density at radius 3 is 3.08 bits per heavy atom. The van der Waals surface area contributed by atoms with Crippen molar-refractivity contribution in [2.24, 2.45) is 17.3 Å². The second-order valence-corrected chi connectivity index (χ2v) is 5.87. The van der Waals surface area contributed by atoms with E-state index in [1.165, 1.54) is 7.11 Å². The topological polar surface area (TPSA) is 97.9 Å². The first kappa shape index (κ1) is 15.9. The standard InChI is InChI=1S/C15H13N5O3S/c1-20-8-16-10-5-9(3-4-11(10)20)7-17-19-15-18-14(22)12(24-15)6-13(21)23-2/h3-8H,1-2H3,(H,18,19,22)/b12-6+,17-7?. The van der Waals surface area contributed by atoms with Crippen LogP contribution < -0.4 is 5.32 Å². The van der Waals surface area contributed by atoms with Gasteiger partial charge in [0.1, 0.15) is 0 Å². The van der Waals surface area contributed by atoms with Crippen LogP contribution in [-0.2, 0) is 21.4 Å². The summed E-state index contributed by atoms with van der Waals surface area (Å²) in [5, 5.41) is 10.7. The van der Waals surface area contributed by atoms with Crippen LogP contribution in [0.5, 0.6) is 0 Å². The fourth-order valence-electron chi connectivity index (χ4n) is 2.02. The zero-order valence-electron chi connectivity index (χ0n) is 12.9. The number of nitrogens with one attached hydrogen (secondary N) is 1. The molecule has 24 heavy (non-hydrogen) atoms. The highest BCUT2D eigenvalue weighted by atomic mass is 32.2. The van der Waals surface area contributed by atoms with Crippen molar-refractivity contribution in [1.29, 1.82) is 0 Å². The van der Waals surface area contributed by atoms with Crippen LogP contribution in [0.4, 0.5) is 0 Å². The van der Waals surface area contributed by atoms with E-state index in [2.05, 4.69) is 25.2 Å². The molecule has 0 saturated carbocycles. The highest BCUT2D eigenvalue weighted by Crippen LogP contribution is 2.23. The molecular formula is C15H13N5O3S. The van der Waals surface area contributed by atoms with Crippen molar-refractivity contribution in [2.75, 3.05) is 7.11 Å². The molecule has 3 rings (SSSR count). The molecule has 2 aromatic rings. The number of hydrogen-bond acceptors (Lipinski definition) is 7. The third-order valence-corrected chi connectivity index (χ3v) is 4.11. The van der Waals surface area contributed by atoms with Crippen LogP contribution in [0.1, 0.15) is 5.56 Å². The van der Waals surface area contributed by atoms with E-state index in [1.807, 2.05) is 29.8 Å². The number of ether oxygens (including phenoxy) is 1. The largest absolute Gasteiger partial charge is 0.466 e. The first-order chi connectivity index (χ1) is 11.6. The second kappa shape index (κ2) is 6.67. The Hall–Kier alpha value is -2.94. The smallest absolute Gasteiger partial charge is 0.331 e. The molecule has 1 amide bonds. The maximum atomic E-state index is 11.7. The Kier molecular flexibility index (Phi) is 4.43. The summed E-state index contributed by atoms with van der Waals surface area (Å²) in [6.45, 7) is 0. The number of benzene rings is 1. The Balaban J connectivity index is 1.72. The molecule has 1 aromatic heterocycles. The SMILES string of the molecule is COC(=O)/C=C1/S/C(=N\N=Cc2ccc3c(c2)ncn3C)NC1=O. The number of nitrogens with zero attached hydrogens (tertiary/aromatic N) is 4. The predicted octanol–water partition coefficient (Wildman–Crippen LogP) is 1.18. The monoisotopic (exact) mass is 343 g/mol. The minimum atomic E-state index is -0.596. The molecule has 8 nitrogen and oxygen atoms in total. The van der Waals surface area contributed by atoms with E-state index in [4.69, 9.17) is 0 Å². The van der Waals surface area contributed by atoms with Gasteiger partial charge in [-0.25, -0.2) is 9.78 Å². The van der Waals surface area contributed by atoms with Gasteiger partial charge in [0.05, 0.1) is 35.6 Å². The van der Waals surface area contributed by atoms with Gasteiger partial charge in [-0.1, -0.05) is 6.07 Å². The Morgan fingerprint density at radius 1 is 1.46 bits per heavy atom. The first-order valence-corrected chi connectivity index (χ1v) is 7.69. The lowest BCUT2D eigenvalue weighted by Gasteiger charge is -1.95. The molecule has 0 radical (unpaired) electrons. The number of amides is 1. The minimum absolute atomic E-state index is 0.214. The number of fused-ring (bicyclic) bond motifs is 1. The summed E-state index contributed by atoms with van der Waals surface area (Å²) in [4.78, 5) is 27.3. The van der Waals surface area contributed by atoms with E-state index in [0.717, 1.165) is 34.4 Å². The van der Waals surface area contributed by atoms with Crippen molar-refractivity contribution in [3.05, 3.63) is 41.1 Å². The fraction of sp³-hybridized carbons (Fsp3) is 0.133. The number of thioether (sulfide) groups is 1. The molecule has 0 bridgehead atoms. The van der Waals surface area contributed by atoms with Crippen LogP contribution in [-0.4, -0.2) is 39.9 Å². The van der Waals surface area contributed by atoms with Crippen LogP contribution in [0.2, 0.25) is 0 Å². The maximum absolute atomic E-state index is 11.7. The number of esters is 1. The normalized spacial score (nSPS) is 18.0. The summed E-state index contributed by atoms with van der Waals surface area (Å²) in [7, 11) is 3.17. The molecule has 1 fully saturated rings. The predicted molar refractivity (Wildman–Crippen MR) is 91.6 cm³/mol. The van der Waals surface area contributed by atoms with Crippen LogP contribution >= 0.6 is 11.8 Å². The zero-order chi connectivity index (χ0) is 17.1. The summed E-state index contributed by atoms with van der Waals surface area (Å²) in [5.41, 5.74) is 2.72. The van der Waals surface area contributed by atoms with Gasteiger partial charge in [-0.3, -0.25) is 10.1 Å². The number of carbonyl (C=O) groups excluding carboxylic acids is 2. The number of aromatic nitrogens is 2. The quantitative estimate of drug-likeness (QED) is 0.391. The third-order valence-electron chi connectivity index (χ3n) is 3.21. The molecule has 1 aromatic carbocycles. The summed E-state index contributed by atoms with van der Waals surface area (Å²) in [5.74, 6) is -1.00. The Bertz CT molecular complexity index is 913. The molecule has 1 N–H and O–H groups in total. The molecule has 0 atom stereocenters. The lowest BCUT2D eigenvalue weighted by molar-refractivity contribution is -0.135. The summed E-state index contributed by atoms with van der Waals surface area (Å²) < 4.78 is 6.41. The van der Waals surface area contributed by atoms with E-state index in [0.29, 0.717) is 5.17 Å². The highest BCUT2D eigenvalue weighted by molar-refractivity contribution is 8.18. The number of carbonyl (C=O) groups is 2. The van der Waals surface area contributed by atoms with E-state index in [9.17, 15) is 9.59 Å². The average molecular weight is 343 g/mol. The number of hydrogen-bond donors (Lipinski definition) is 1. The van der Waals surface area contributed by atoms with Gasteiger partial charge < -0.3 is 9.30 Å². The molecule has 0 unspecified atom stereocenters. The van der Waals surface area contributed by atoms with Crippen LogP contribution in [0.3, 0.4) is 0 Å². The van der Waals surface area contributed by atoms with Gasteiger partial charge in [-0.15, -0.1) is 5.10 Å². The van der Waals surface area contributed by atoms with Crippen molar-refractivity contribution in [3.8, 4) is 0 Å². The van der Waals surface area contributed by atoms with E-state index < -0.39 is 11.9 Å². The Morgan fingerprint density at radius 2 is 2.29 bits per heavy atom. The summed E-state index contributed by atoms with van der Waals surface area (Å²) in [6, 6.07) is 5.73. The van der Waals surface area contributed by atoms with Crippen LogP contribution in [0.25, 0.3) is 11.0 Å². The van der Waals surface area contributed by atoms with Crippen LogP contribution in [0, 0.1) is 0 Å². The summed E-state index contributed by atoms with van der Waals surface area (Å²) >= 11 is 1.02. The van der Waals surface area contributed by atoms with E-state index >= 15 is 0 Å². The van der Waals surface area contributed by atoms with Gasteiger partial charge in [0.2, 0.25) is 0 Å². The average Bonchev–Trinajstić information content (AvgIpc) is 3.10. The third kappa shape index (κ3) is 3.35. The van der Waals surface area contributed by atoms with E-state index in [-0.39, 0.29) is 4.91 Å². The van der Waals surface area contributed by atoms with Gasteiger partial charge in [0.15, 0.2) is 5.17 Å². The molecule has 2 heterocycles. The zero-order valence-corrected chi connectivity index (χ0v) is 13.7. The molecule has 1 aliphatic rings. The molecule has 122 valence electrons. The number of methoxy groups -OCH3 is 1. The Labute approximate surface area is 141 Å². The number of amidine groups is 1. The second-order valence-electron chi connectivity index (χ2n) is 4.84. The minimum Gasteiger partial charge on any atom is -0.466 e. The maximum Gasteiger partial charge on any atom is 0.331 e. The van der Waals surface area contributed by atoms with Gasteiger partial charge in [0.25, 0.3) is 5.91 Å². The van der Waals surface area contributed by atoms with Crippen molar-refractivity contribution >= 4 is 46.1 Å². The summed E-state index contributed by atoms with van der Waals surface area (Å²) in [6.07, 6.45) is 4.42. The fourth-order valence-corrected chi connectivity index (χ4v) is 2.76. The van der Waals surface area contributed by atoms with E-state index in [1.54, 1.807) is 12.5 Å². The molecule has 0 spiro atoms. The highest BCUT2D eigenvalue weighted by Gasteiger charge is 2.24. The number of rotatable bonds is 3. The van der Waals surface area contributed by atoms with Gasteiger partial charge in [-0.2, -0.15) is 5.10 Å². The number of aryl methyl sites for hydroxylation is 1. The van der Waals surface area contributed by atoms with Crippen molar-refractivity contribution in [1.82, 2.24) is 14.9 Å². The first-order valence-electron chi connectivity index (χ1n) is 6.88. The molecule has 1 aliphatic heterocycles. The van der Waals surface area contributed by atoms with Gasteiger partial charge in [0, 0.05) is 13.1 Å². The van der Waals surface area contributed by atoms with Crippen molar-refractivity contribution < 1.29 is 14.3 Å². The molecule has 1 saturated heterocycles. The van der Waals surface area contributed by atoms with Gasteiger partial charge >= 0.3 is 5.97 Å². The molecule has 0 aliphatic carbocycles. The molecular weight excluding hydrogens is 330 g/mol. The van der Waals surface area contributed by atoms with Crippen LogP contribution in [0.15, 0.2) is 45.7 Å². The lowest BCUT2D eigenvalue weighted by Crippen LogP contribution is -2.19. The van der Waals surface area contributed by atoms with Crippen molar-refractivity contribution in [3.63, 3.8) is 0 Å². The van der Waals surface area contributed by atoms with Gasteiger partial charge in [-0.05, 0) is 29.5 Å². The lowest BCUT2D eigenvalue weighted by atomic mass is 10.2. The molecule has 9 heteroatoms. The number of imidazole rings is 1.